The quantitative estimate of drug-likeness (QED) is 0.304. The topological polar surface area (TPSA) is 50.1 Å². The van der Waals surface area contributed by atoms with Crippen LogP contribution < -0.4 is 0 Å². The Bertz CT molecular complexity index is 848. The summed E-state index contributed by atoms with van der Waals surface area (Å²) >= 11 is 0. The van der Waals surface area contributed by atoms with E-state index in [0.29, 0.717) is 23.2 Å². The number of allylic oxidation sites excluding steroid dienone is 2. The molecule has 0 saturated heterocycles. The van der Waals surface area contributed by atoms with Crippen molar-refractivity contribution >= 4 is 5.97 Å². The zero-order chi connectivity index (χ0) is 23.9. The minimum Gasteiger partial charge on any atom is -0.462 e. The van der Waals surface area contributed by atoms with Crippen molar-refractivity contribution < 1.29 is 9.53 Å². The lowest BCUT2D eigenvalue weighted by Gasteiger charge is -2.55. The largest absolute Gasteiger partial charge is 0.462 e. The van der Waals surface area contributed by atoms with E-state index < -0.39 is 0 Å². The van der Waals surface area contributed by atoms with Gasteiger partial charge in [-0.05, 0) is 124 Å². The Balaban J connectivity index is 1.23. The van der Waals surface area contributed by atoms with Crippen LogP contribution in [0, 0.1) is 51.8 Å². The van der Waals surface area contributed by atoms with Gasteiger partial charge in [-0.25, -0.2) is 0 Å². The Kier molecular flexibility index (Phi) is 6.91. The molecular weight excluding hydrogens is 418 g/mol. The second kappa shape index (κ2) is 9.63. The van der Waals surface area contributed by atoms with Crippen LogP contribution in [0.1, 0.15) is 124 Å². The predicted molar refractivity (Wildman–Crippen MR) is 136 cm³/mol. The summed E-state index contributed by atoms with van der Waals surface area (Å²) in [5, 5.41) is 9.50. The Morgan fingerprint density at radius 3 is 2.62 bits per heavy atom. The summed E-state index contributed by atoms with van der Waals surface area (Å²) in [7, 11) is 0. The van der Waals surface area contributed by atoms with Gasteiger partial charge in [0, 0.05) is 12.3 Å². The number of rotatable bonds is 5. The number of carbonyl (C=O) groups excluding carboxylic acids is 1. The Morgan fingerprint density at radius 2 is 1.85 bits per heavy atom. The molecule has 2 unspecified atom stereocenters. The summed E-state index contributed by atoms with van der Waals surface area (Å²) in [5.74, 6) is 3.13. The van der Waals surface area contributed by atoms with Gasteiger partial charge in [0.05, 0.1) is 6.07 Å². The van der Waals surface area contributed by atoms with Crippen LogP contribution in [0.4, 0.5) is 0 Å². The van der Waals surface area contributed by atoms with Gasteiger partial charge < -0.3 is 4.74 Å². The molecule has 0 aliphatic heterocycles. The minimum absolute atomic E-state index is 0.0475. The van der Waals surface area contributed by atoms with E-state index >= 15 is 0 Å². The highest BCUT2D eigenvalue weighted by Gasteiger charge is 2.55. The molecule has 0 amide bonds. The smallest absolute Gasteiger partial charge is 0.306 e. The van der Waals surface area contributed by atoms with Crippen LogP contribution >= 0.6 is 0 Å². The van der Waals surface area contributed by atoms with Crippen molar-refractivity contribution in [3.05, 3.63) is 11.1 Å². The predicted octanol–water partition coefficient (Wildman–Crippen LogP) is 8.14. The standard InChI is InChI=1S/C31H47NO2/c1-21(9-14-29(33)34-24-7-5-4-6-8-24)26-12-13-27-25-11-10-23-19-22(20-32)15-17-30(23,2)28(25)16-18-31(26,27)3/h21-24,26-27H,4-19H2,1-3H3/t21-,22?,23?,26-,27+,30+,31-/m1/s1. The molecule has 0 bridgehead atoms. The first-order chi connectivity index (χ1) is 16.3. The molecule has 5 aliphatic carbocycles. The molecule has 188 valence electrons. The summed E-state index contributed by atoms with van der Waals surface area (Å²) < 4.78 is 5.82. The maximum absolute atomic E-state index is 12.5. The van der Waals surface area contributed by atoms with Crippen LogP contribution in [-0.4, -0.2) is 12.1 Å². The van der Waals surface area contributed by atoms with E-state index in [2.05, 4.69) is 26.8 Å². The summed E-state index contributed by atoms with van der Waals surface area (Å²) in [5.41, 5.74) is 4.43. The van der Waals surface area contributed by atoms with E-state index in [-0.39, 0.29) is 18.0 Å². The second-order valence-electron chi connectivity index (χ2n) is 13.3. The van der Waals surface area contributed by atoms with Gasteiger partial charge in [0.1, 0.15) is 6.10 Å². The molecule has 0 heterocycles. The first kappa shape index (κ1) is 24.4. The zero-order valence-electron chi connectivity index (χ0n) is 22.0. The van der Waals surface area contributed by atoms with E-state index in [4.69, 9.17) is 4.74 Å². The number of carbonyl (C=O) groups is 1. The van der Waals surface area contributed by atoms with E-state index in [9.17, 15) is 10.1 Å². The van der Waals surface area contributed by atoms with Crippen molar-refractivity contribution in [3.8, 4) is 6.07 Å². The molecular formula is C31H47NO2. The Morgan fingerprint density at radius 1 is 1.06 bits per heavy atom. The van der Waals surface area contributed by atoms with Crippen molar-refractivity contribution in [2.24, 2.45) is 40.4 Å². The molecule has 3 nitrogen and oxygen atoms in total. The molecule has 3 fully saturated rings. The number of ether oxygens (including phenoxy) is 1. The molecule has 0 spiro atoms. The number of fused-ring (bicyclic) bond motifs is 4. The van der Waals surface area contributed by atoms with Crippen molar-refractivity contribution in [1.29, 1.82) is 5.26 Å². The Hall–Kier alpha value is -1.30. The third kappa shape index (κ3) is 4.26. The number of hydrogen-bond donors (Lipinski definition) is 0. The first-order valence-electron chi connectivity index (χ1n) is 14.7. The monoisotopic (exact) mass is 465 g/mol. The SMILES string of the molecule is C[C@H](CCC(=O)OC1CCCCC1)[C@H]1CC[C@H]2C3=C(CC[C@]12C)[C@@]1(C)CCC(C#N)CC1CC3. The summed E-state index contributed by atoms with van der Waals surface area (Å²) in [6, 6.07) is 2.58. The van der Waals surface area contributed by atoms with Crippen molar-refractivity contribution in [2.75, 3.05) is 0 Å². The van der Waals surface area contributed by atoms with Crippen LogP contribution in [0.3, 0.4) is 0 Å². The number of hydrogen-bond acceptors (Lipinski definition) is 3. The van der Waals surface area contributed by atoms with Gasteiger partial charge in [0.25, 0.3) is 0 Å². The van der Waals surface area contributed by atoms with E-state index in [1.807, 2.05) is 11.1 Å². The summed E-state index contributed by atoms with van der Waals surface area (Å²) in [4.78, 5) is 12.5. The lowest BCUT2D eigenvalue weighted by Crippen LogP contribution is -2.44. The highest BCUT2D eigenvalue weighted by atomic mass is 16.5. The molecule has 7 atom stereocenters. The van der Waals surface area contributed by atoms with Gasteiger partial charge in [-0.3, -0.25) is 4.79 Å². The van der Waals surface area contributed by atoms with Crippen LogP contribution in [-0.2, 0) is 9.53 Å². The summed E-state index contributed by atoms with van der Waals surface area (Å²) in [6.07, 6.45) is 18.9. The fourth-order valence-corrected chi connectivity index (χ4v) is 9.53. The molecule has 3 saturated carbocycles. The molecule has 3 heteroatoms. The number of nitriles is 1. The van der Waals surface area contributed by atoms with Gasteiger partial charge in [-0.15, -0.1) is 0 Å². The van der Waals surface area contributed by atoms with E-state index in [1.54, 1.807) is 0 Å². The molecule has 5 rings (SSSR count). The fraction of sp³-hybridized carbons (Fsp3) is 0.871. The average Bonchev–Trinajstić information content (AvgIpc) is 3.20. The Labute approximate surface area is 208 Å². The number of nitrogens with zero attached hydrogens (tertiary/aromatic N) is 1. The number of esters is 1. The maximum atomic E-state index is 12.5. The maximum Gasteiger partial charge on any atom is 0.306 e. The van der Waals surface area contributed by atoms with E-state index in [1.165, 1.54) is 64.2 Å². The van der Waals surface area contributed by atoms with Crippen LogP contribution in [0.2, 0.25) is 0 Å². The van der Waals surface area contributed by atoms with Crippen molar-refractivity contribution in [3.63, 3.8) is 0 Å². The lowest BCUT2D eigenvalue weighted by atomic mass is 9.50. The van der Waals surface area contributed by atoms with Crippen molar-refractivity contribution in [1.82, 2.24) is 0 Å². The van der Waals surface area contributed by atoms with Crippen LogP contribution in [0.15, 0.2) is 11.1 Å². The molecule has 0 aromatic heterocycles. The van der Waals surface area contributed by atoms with Gasteiger partial charge >= 0.3 is 5.97 Å². The first-order valence-corrected chi connectivity index (χ1v) is 14.7. The molecule has 5 aliphatic rings. The highest BCUT2D eigenvalue weighted by molar-refractivity contribution is 5.69. The van der Waals surface area contributed by atoms with Crippen LogP contribution in [0.25, 0.3) is 0 Å². The second-order valence-corrected chi connectivity index (χ2v) is 13.3. The molecule has 0 radical (unpaired) electrons. The highest BCUT2D eigenvalue weighted by Crippen LogP contribution is 2.66. The average molecular weight is 466 g/mol. The van der Waals surface area contributed by atoms with E-state index in [0.717, 1.165) is 49.9 Å². The minimum atomic E-state index is 0.0475. The fourth-order valence-electron chi connectivity index (χ4n) is 9.53. The van der Waals surface area contributed by atoms with Gasteiger partial charge in [-0.2, -0.15) is 5.26 Å². The zero-order valence-corrected chi connectivity index (χ0v) is 22.0. The third-order valence-electron chi connectivity index (χ3n) is 11.6. The van der Waals surface area contributed by atoms with Gasteiger partial charge in [0.15, 0.2) is 0 Å². The van der Waals surface area contributed by atoms with Gasteiger partial charge in [0.2, 0.25) is 0 Å². The normalized spacial score (nSPS) is 41.1. The summed E-state index contributed by atoms with van der Waals surface area (Å²) in [6.45, 7) is 7.56. The lowest BCUT2D eigenvalue weighted by molar-refractivity contribution is -0.151. The third-order valence-corrected chi connectivity index (χ3v) is 11.6. The molecule has 0 aromatic rings. The van der Waals surface area contributed by atoms with Crippen molar-refractivity contribution in [2.45, 2.75) is 130 Å². The van der Waals surface area contributed by atoms with Gasteiger partial charge in [-0.1, -0.05) is 38.3 Å². The molecule has 34 heavy (non-hydrogen) atoms. The van der Waals surface area contributed by atoms with Crippen LogP contribution in [0.5, 0.6) is 0 Å². The molecule has 0 aromatic carbocycles. The molecule has 0 N–H and O–H groups in total.